The highest BCUT2D eigenvalue weighted by atomic mass is 35.5. The van der Waals surface area contributed by atoms with Crippen molar-refractivity contribution in [3.63, 3.8) is 0 Å². The van der Waals surface area contributed by atoms with Crippen molar-refractivity contribution in [2.45, 2.75) is 12.2 Å². The molecule has 0 aliphatic carbocycles. The molecule has 120 valence electrons. The molecular weight excluding hydrogens is 294 g/mol. The third-order valence-electron chi connectivity index (χ3n) is 2.25. The first-order valence-electron chi connectivity index (χ1n) is 5.67. The van der Waals surface area contributed by atoms with E-state index < -0.39 is 36.3 Å². The second-order valence-corrected chi connectivity index (χ2v) is 5.05. The molecule has 0 saturated heterocycles. The van der Waals surface area contributed by atoms with Gasteiger partial charge >= 0.3 is 5.97 Å². The molecule has 0 aromatic carbocycles. The van der Waals surface area contributed by atoms with Crippen LogP contribution in [0.4, 0.5) is 0 Å². The zero-order valence-electron chi connectivity index (χ0n) is 11.7. The minimum absolute atomic E-state index is 0. The Bertz CT molecular complexity index is 340. The van der Waals surface area contributed by atoms with Crippen LogP contribution in [0.25, 0.3) is 0 Å². The lowest BCUT2D eigenvalue weighted by molar-refractivity contribution is -0.870. The summed E-state index contributed by atoms with van der Waals surface area (Å²) in [5, 5.41) is 43.4. The summed E-state index contributed by atoms with van der Waals surface area (Å²) in [6.45, 7) is 0.443. The number of aliphatic hydroxyl groups excluding tert-OH is 5. The minimum Gasteiger partial charge on any atom is -1.00 e. The van der Waals surface area contributed by atoms with Crippen LogP contribution in [-0.4, -0.2) is 89.1 Å². The van der Waals surface area contributed by atoms with Gasteiger partial charge in [-0.3, -0.25) is 0 Å². The number of halogens is 1. The summed E-state index contributed by atoms with van der Waals surface area (Å²) >= 11 is 0. The van der Waals surface area contributed by atoms with Crippen molar-refractivity contribution in [1.82, 2.24) is 0 Å². The highest BCUT2D eigenvalue weighted by Gasteiger charge is 2.38. The molecule has 9 heteroatoms. The molecule has 0 radical (unpaired) electrons. The van der Waals surface area contributed by atoms with Gasteiger partial charge in [0.2, 0.25) is 5.76 Å². The molecule has 1 rings (SSSR count). The summed E-state index contributed by atoms with van der Waals surface area (Å²) in [6, 6.07) is 0. The van der Waals surface area contributed by atoms with Gasteiger partial charge < -0.3 is 47.2 Å². The van der Waals surface area contributed by atoms with Crippen LogP contribution in [0.15, 0.2) is 11.5 Å². The topological polar surface area (TPSA) is 127 Å². The molecule has 0 saturated carbocycles. The van der Waals surface area contributed by atoms with Gasteiger partial charge in [-0.25, -0.2) is 4.79 Å². The third-order valence-corrected chi connectivity index (χ3v) is 2.25. The van der Waals surface area contributed by atoms with Crippen LogP contribution in [0.1, 0.15) is 0 Å². The summed E-state index contributed by atoms with van der Waals surface area (Å²) in [5.41, 5.74) is 0. The maximum absolute atomic E-state index is 10.5. The van der Waals surface area contributed by atoms with Gasteiger partial charge in [-0.2, -0.15) is 0 Å². The number of quaternary nitrogens is 1. The molecule has 0 aromatic heterocycles. The van der Waals surface area contributed by atoms with Crippen LogP contribution < -0.4 is 12.4 Å². The Morgan fingerprint density at radius 3 is 1.95 bits per heavy atom. The fourth-order valence-corrected chi connectivity index (χ4v) is 1.12. The average Bonchev–Trinajstić information content (AvgIpc) is 2.55. The van der Waals surface area contributed by atoms with Crippen molar-refractivity contribution in [3.05, 3.63) is 11.5 Å². The molecule has 5 N–H and O–H groups in total. The van der Waals surface area contributed by atoms with Gasteiger partial charge in [0, 0.05) is 0 Å². The standard InChI is InChI=1S/C6H8O6.C5H14NO.ClH/c7-1-2(8)5-3(9)4(10)6(11)12-5;1-6(2,3)4-5-7;/h2,5,7-10H,1H2;7H,4-5H2,1-3H3;1H/q;+1;/p-1/t2?,5-;;/m1../s1. The molecule has 0 fully saturated rings. The van der Waals surface area contributed by atoms with Gasteiger partial charge in [-0.15, -0.1) is 0 Å². The maximum Gasteiger partial charge on any atom is 0.377 e. The lowest BCUT2D eigenvalue weighted by atomic mass is 10.2. The Balaban J connectivity index is 0. The van der Waals surface area contributed by atoms with Crippen LogP contribution in [0.5, 0.6) is 0 Å². The third kappa shape index (κ3) is 6.92. The SMILES string of the molecule is C[N+](C)(C)CCO.O=C1O[C@H](C(O)CO)C(O)=C1O.[Cl-]. The summed E-state index contributed by atoms with van der Waals surface area (Å²) < 4.78 is 5.16. The number of carbonyl (C=O) groups is 1. The van der Waals surface area contributed by atoms with Gasteiger partial charge in [0.05, 0.1) is 34.4 Å². The smallest absolute Gasteiger partial charge is 0.377 e. The van der Waals surface area contributed by atoms with Crippen LogP contribution in [0.3, 0.4) is 0 Å². The van der Waals surface area contributed by atoms with Gasteiger partial charge in [-0.05, 0) is 0 Å². The normalized spacial score (nSPS) is 19.7. The van der Waals surface area contributed by atoms with E-state index in [1.165, 1.54) is 0 Å². The lowest BCUT2D eigenvalue weighted by Gasteiger charge is -2.21. The lowest BCUT2D eigenvalue weighted by Crippen LogP contribution is -3.00. The molecule has 0 spiro atoms. The Hall–Kier alpha value is -1.06. The highest BCUT2D eigenvalue weighted by Crippen LogP contribution is 2.20. The first-order valence-corrected chi connectivity index (χ1v) is 5.67. The highest BCUT2D eigenvalue weighted by molar-refractivity contribution is 5.89. The molecule has 2 atom stereocenters. The van der Waals surface area contributed by atoms with Crippen molar-refractivity contribution >= 4 is 5.97 Å². The number of rotatable bonds is 4. The summed E-state index contributed by atoms with van der Waals surface area (Å²) in [7, 11) is 6.16. The van der Waals surface area contributed by atoms with Gasteiger partial charge in [0.25, 0.3) is 0 Å². The number of ether oxygens (including phenoxy) is 1. The zero-order valence-corrected chi connectivity index (χ0v) is 12.4. The Labute approximate surface area is 123 Å². The van der Waals surface area contributed by atoms with E-state index in [-0.39, 0.29) is 19.0 Å². The molecule has 20 heavy (non-hydrogen) atoms. The Morgan fingerprint density at radius 2 is 1.75 bits per heavy atom. The van der Waals surface area contributed by atoms with E-state index in [1.54, 1.807) is 0 Å². The van der Waals surface area contributed by atoms with Crippen LogP contribution in [0.2, 0.25) is 0 Å². The fraction of sp³-hybridized carbons (Fsp3) is 0.727. The molecule has 0 aromatic rings. The number of likely N-dealkylation sites (N-methyl/N-ethyl adjacent to an activating group) is 1. The molecule has 1 heterocycles. The Kier molecular flexibility index (Phi) is 9.54. The van der Waals surface area contributed by atoms with Gasteiger partial charge in [-0.1, -0.05) is 0 Å². The van der Waals surface area contributed by atoms with Crippen LogP contribution in [0, 0.1) is 0 Å². The first kappa shape index (κ1) is 21.2. The van der Waals surface area contributed by atoms with Crippen molar-refractivity contribution in [2.24, 2.45) is 0 Å². The summed E-state index contributed by atoms with van der Waals surface area (Å²) in [5.74, 6) is -2.78. The number of esters is 1. The van der Waals surface area contributed by atoms with E-state index in [0.29, 0.717) is 0 Å². The van der Waals surface area contributed by atoms with Crippen molar-refractivity contribution in [2.75, 3.05) is 40.9 Å². The van der Waals surface area contributed by atoms with Crippen molar-refractivity contribution < 1.29 is 52.0 Å². The number of nitrogens with zero attached hydrogens (tertiary/aromatic N) is 1. The van der Waals surface area contributed by atoms with E-state index in [1.807, 2.05) is 0 Å². The largest absolute Gasteiger partial charge is 1.00 e. The van der Waals surface area contributed by atoms with E-state index >= 15 is 0 Å². The second kappa shape index (κ2) is 8.98. The number of aliphatic hydroxyl groups is 5. The molecule has 0 amide bonds. The van der Waals surface area contributed by atoms with Crippen LogP contribution in [-0.2, 0) is 9.53 Å². The quantitative estimate of drug-likeness (QED) is 0.260. The molecule has 1 unspecified atom stereocenters. The maximum atomic E-state index is 10.5. The monoisotopic (exact) mass is 315 g/mol. The summed E-state index contributed by atoms with van der Waals surface area (Å²) in [4.78, 5) is 10.5. The van der Waals surface area contributed by atoms with E-state index in [9.17, 15) is 4.79 Å². The fourth-order valence-electron chi connectivity index (χ4n) is 1.12. The minimum atomic E-state index is -1.42. The van der Waals surface area contributed by atoms with Crippen molar-refractivity contribution in [1.29, 1.82) is 0 Å². The molecule has 1 aliphatic heterocycles. The second-order valence-electron chi connectivity index (χ2n) is 5.05. The van der Waals surface area contributed by atoms with Gasteiger partial charge in [0.15, 0.2) is 11.9 Å². The number of cyclic esters (lactones) is 1. The Morgan fingerprint density at radius 1 is 1.25 bits per heavy atom. The van der Waals surface area contributed by atoms with Crippen LogP contribution >= 0.6 is 0 Å². The summed E-state index contributed by atoms with van der Waals surface area (Å²) in [6.07, 6.45) is -2.78. The number of carbonyl (C=O) groups excluding carboxylic acids is 1. The van der Waals surface area contributed by atoms with E-state index in [0.717, 1.165) is 11.0 Å². The molecule has 0 bridgehead atoms. The molecule has 8 nitrogen and oxygen atoms in total. The number of hydrogen-bond donors (Lipinski definition) is 5. The predicted molar refractivity (Wildman–Crippen MR) is 65.2 cm³/mol. The van der Waals surface area contributed by atoms with E-state index in [2.05, 4.69) is 25.9 Å². The number of hydrogen-bond acceptors (Lipinski definition) is 7. The van der Waals surface area contributed by atoms with Crippen molar-refractivity contribution in [3.8, 4) is 0 Å². The van der Waals surface area contributed by atoms with E-state index in [4.69, 9.17) is 25.5 Å². The zero-order chi connectivity index (χ0) is 15.2. The molecule has 1 aliphatic rings. The van der Waals surface area contributed by atoms with Gasteiger partial charge in [0.1, 0.15) is 12.6 Å². The molecular formula is C11H22ClNO7. The average molecular weight is 316 g/mol. The first-order chi connectivity index (χ1) is 8.64. The predicted octanol–water partition coefficient (Wildman–Crippen LogP) is -4.72.